The molecule has 1 aliphatic carbocycles. The molecule has 0 radical (unpaired) electrons. The van der Waals surface area contributed by atoms with Gasteiger partial charge in [0.1, 0.15) is 17.0 Å². The summed E-state index contributed by atoms with van der Waals surface area (Å²) >= 11 is 6.18. The van der Waals surface area contributed by atoms with Crippen molar-refractivity contribution in [2.75, 3.05) is 32.8 Å². The first kappa shape index (κ1) is 23.4. The quantitative estimate of drug-likeness (QED) is 0.414. The molecule has 1 saturated carbocycles. The summed E-state index contributed by atoms with van der Waals surface area (Å²) in [7, 11) is 0. The number of ether oxygens (including phenoxy) is 1. The smallest absolute Gasteiger partial charge is 0.272 e. The fraction of sp³-hybridized carbons (Fsp3) is 0.370. The van der Waals surface area contributed by atoms with Crippen molar-refractivity contribution in [1.29, 1.82) is 0 Å². The van der Waals surface area contributed by atoms with Gasteiger partial charge < -0.3 is 19.6 Å². The van der Waals surface area contributed by atoms with Crippen LogP contribution in [0, 0.1) is 17.8 Å². The number of amides is 2. The Labute approximate surface area is 222 Å². The molecule has 2 amide bonds. The number of likely N-dealkylation sites (tertiary alicyclic amines) is 2. The van der Waals surface area contributed by atoms with Gasteiger partial charge in [-0.2, -0.15) is 0 Å². The lowest BCUT2D eigenvalue weighted by molar-refractivity contribution is -0.145. The number of pyridine rings is 1. The second-order valence-corrected chi connectivity index (χ2v) is 10.8. The summed E-state index contributed by atoms with van der Waals surface area (Å²) < 4.78 is 5.79. The minimum absolute atomic E-state index is 0.0765. The van der Waals surface area contributed by atoms with Crippen molar-refractivity contribution in [3.63, 3.8) is 0 Å². The molecule has 3 fully saturated rings. The molecule has 7 rings (SSSR count). The number of fused-ring (bicyclic) bond motifs is 6. The third-order valence-electron chi connectivity index (χ3n) is 8.43. The number of aromatic amines is 1. The van der Waals surface area contributed by atoms with Gasteiger partial charge in [-0.05, 0) is 49.2 Å². The molecule has 4 aromatic rings. The number of halogens is 1. The summed E-state index contributed by atoms with van der Waals surface area (Å²) in [6, 6.07) is 12.3. The summed E-state index contributed by atoms with van der Waals surface area (Å²) in [6.45, 7) is 3.97. The Morgan fingerprint density at radius 2 is 1.89 bits per heavy atom. The van der Waals surface area contributed by atoms with E-state index in [0.29, 0.717) is 53.6 Å². The fourth-order valence-electron chi connectivity index (χ4n) is 6.62. The van der Waals surface area contributed by atoms with Crippen LogP contribution in [0.3, 0.4) is 0 Å². The van der Waals surface area contributed by atoms with Gasteiger partial charge in [0.2, 0.25) is 0 Å². The molecule has 38 heavy (non-hydrogen) atoms. The SMILES string of the molecule is CCOc1cc(C(=O)N2CC3[C@H]4CN(C(=O)c5ccc6[nH]nnc6c5)C[C@H]4C3(O)C2)nc2cc(Cl)ccc12. The lowest BCUT2D eigenvalue weighted by Gasteiger charge is -2.50. The predicted octanol–water partition coefficient (Wildman–Crippen LogP) is 2.76. The Balaban J connectivity index is 1.09. The molecule has 0 bridgehead atoms. The van der Waals surface area contributed by atoms with Gasteiger partial charge in [-0.3, -0.25) is 14.7 Å². The molecule has 2 aromatic heterocycles. The van der Waals surface area contributed by atoms with E-state index < -0.39 is 5.60 Å². The Morgan fingerprint density at radius 1 is 1.08 bits per heavy atom. The monoisotopic (exact) mass is 532 g/mol. The molecule has 0 spiro atoms. The first-order chi connectivity index (χ1) is 18.4. The number of β-amino-alcohol motifs (C(OH)–C–C–N with tert-alkyl or cyclic N) is 1. The van der Waals surface area contributed by atoms with E-state index in [0.717, 1.165) is 10.9 Å². The zero-order valence-corrected chi connectivity index (χ0v) is 21.4. The number of rotatable bonds is 4. The average Bonchev–Trinajstić information content (AvgIpc) is 3.62. The molecule has 2 aromatic carbocycles. The maximum atomic E-state index is 13.5. The summed E-state index contributed by atoms with van der Waals surface area (Å²) in [5, 5.41) is 23.5. The molecule has 4 heterocycles. The molecule has 3 aliphatic rings. The van der Waals surface area contributed by atoms with Gasteiger partial charge in [-0.25, -0.2) is 4.98 Å². The van der Waals surface area contributed by atoms with Crippen molar-refractivity contribution in [2.24, 2.45) is 17.8 Å². The zero-order chi connectivity index (χ0) is 26.2. The minimum atomic E-state index is -1.02. The molecule has 194 valence electrons. The van der Waals surface area contributed by atoms with E-state index >= 15 is 0 Å². The molecule has 2 N–H and O–H groups in total. The number of hydrogen-bond donors (Lipinski definition) is 2. The Hall–Kier alpha value is -3.76. The first-order valence-corrected chi connectivity index (χ1v) is 13.1. The number of benzene rings is 2. The molecule has 2 unspecified atom stereocenters. The van der Waals surface area contributed by atoms with Gasteiger partial charge in [0.15, 0.2) is 0 Å². The van der Waals surface area contributed by atoms with Crippen LogP contribution in [-0.2, 0) is 0 Å². The lowest BCUT2D eigenvalue weighted by atomic mass is 9.56. The Bertz CT molecular complexity index is 1620. The summed E-state index contributed by atoms with van der Waals surface area (Å²) in [5.41, 5.74) is 1.79. The van der Waals surface area contributed by atoms with E-state index in [1.165, 1.54) is 0 Å². The highest BCUT2D eigenvalue weighted by Gasteiger charge is 2.68. The Kier molecular flexibility index (Phi) is 5.15. The van der Waals surface area contributed by atoms with E-state index in [-0.39, 0.29) is 41.8 Å². The fourth-order valence-corrected chi connectivity index (χ4v) is 6.79. The van der Waals surface area contributed by atoms with E-state index in [9.17, 15) is 14.7 Å². The van der Waals surface area contributed by atoms with Crippen molar-refractivity contribution >= 4 is 45.4 Å². The molecule has 2 saturated heterocycles. The maximum absolute atomic E-state index is 13.5. The summed E-state index contributed by atoms with van der Waals surface area (Å²) in [6.07, 6.45) is 0. The van der Waals surface area contributed by atoms with Gasteiger partial charge in [-0.15, -0.1) is 5.10 Å². The Morgan fingerprint density at radius 3 is 2.71 bits per heavy atom. The highest BCUT2D eigenvalue weighted by atomic mass is 35.5. The maximum Gasteiger partial charge on any atom is 0.272 e. The van der Waals surface area contributed by atoms with Crippen LogP contribution < -0.4 is 4.74 Å². The number of nitrogens with zero attached hydrogens (tertiary/aromatic N) is 5. The van der Waals surface area contributed by atoms with E-state index in [1.807, 2.05) is 17.9 Å². The normalized spacial score (nSPS) is 25.9. The predicted molar refractivity (Wildman–Crippen MR) is 139 cm³/mol. The van der Waals surface area contributed by atoms with Crippen molar-refractivity contribution in [1.82, 2.24) is 30.2 Å². The van der Waals surface area contributed by atoms with E-state index in [1.54, 1.807) is 41.3 Å². The van der Waals surface area contributed by atoms with Crippen molar-refractivity contribution in [3.8, 4) is 5.75 Å². The lowest BCUT2D eigenvalue weighted by Crippen LogP contribution is -2.61. The standard InChI is InChI=1S/C27H25ClN6O4/c1-2-38-24-9-23(29-21-8-15(28)4-5-16(21)24)26(36)34-12-19-17-10-33(11-18(17)27(19,37)13-34)25(35)14-3-6-20-22(7-14)31-32-30-20/h3-9,17-19,37H,2,10-13H2,1H3,(H,30,31,32)/t17-,18+,19?,27?/m0/s1. The summed E-state index contributed by atoms with van der Waals surface area (Å²) in [5.74, 6) is 0.220. The third-order valence-corrected chi connectivity index (χ3v) is 8.66. The van der Waals surface area contributed by atoms with Crippen molar-refractivity contribution in [3.05, 3.63) is 58.7 Å². The first-order valence-electron chi connectivity index (χ1n) is 12.7. The molecule has 4 atom stereocenters. The number of hydrogen-bond acceptors (Lipinski definition) is 7. The van der Waals surface area contributed by atoms with Gasteiger partial charge >= 0.3 is 0 Å². The molecule has 11 heteroatoms. The van der Waals surface area contributed by atoms with E-state index in [2.05, 4.69) is 20.4 Å². The zero-order valence-electron chi connectivity index (χ0n) is 20.6. The number of aliphatic hydroxyl groups is 1. The van der Waals surface area contributed by atoms with Crippen LogP contribution in [0.5, 0.6) is 5.75 Å². The van der Waals surface area contributed by atoms with Crippen LogP contribution in [0.25, 0.3) is 21.9 Å². The van der Waals surface area contributed by atoms with Crippen molar-refractivity contribution in [2.45, 2.75) is 12.5 Å². The molecule has 10 nitrogen and oxygen atoms in total. The number of nitrogens with one attached hydrogen (secondary N) is 1. The molecular weight excluding hydrogens is 508 g/mol. The average molecular weight is 533 g/mol. The highest BCUT2D eigenvalue weighted by molar-refractivity contribution is 6.31. The number of carbonyl (C=O) groups is 2. The largest absolute Gasteiger partial charge is 0.493 e. The molecule has 2 aliphatic heterocycles. The van der Waals surface area contributed by atoms with Crippen molar-refractivity contribution < 1.29 is 19.4 Å². The second-order valence-electron chi connectivity index (χ2n) is 10.4. The van der Waals surface area contributed by atoms with Gasteiger partial charge in [0, 0.05) is 53.5 Å². The van der Waals surface area contributed by atoms with Gasteiger partial charge in [0.05, 0.1) is 29.8 Å². The van der Waals surface area contributed by atoms with Gasteiger partial charge in [0.25, 0.3) is 11.8 Å². The number of H-pyrrole nitrogens is 1. The van der Waals surface area contributed by atoms with Crippen LogP contribution in [0.15, 0.2) is 42.5 Å². The summed E-state index contributed by atoms with van der Waals surface area (Å²) in [4.78, 5) is 34.8. The van der Waals surface area contributed by atoms with Crippen LogP contribution in [0.1, 0.15) is 27.8 Å². The number of carbonyl (C=O) groups excluding carboxylic acids is 2. The van der Waals surface area contributed by atoms with Gasteiger partial charge in [-0.1, -0.05) is 16.8 Å². The topological polar surface area (TPSA) is 125 Å². The third kappa shape index (κ3) is 3.40. The van der Waals surface area contributed by atoms with E-state index in [4.69, 9.17) is 16.3 Å². The number of aromatic nitrogens is 4. The van der Waals surface area contributed by atoms with Crippen LogP contribution in [0.2, 0.25) is 5.02 Å². The van der Waals surface area contributed by atoms with Crippen LogP contribution in [-0.4, -0.2) is 85.5 Å². The second kappa shape index (κ2) is 8.37. The van der Waals surface area contributed by atoms with Crippen LogP contribution >= 0.6 is 11.6 Å². The van der Waals surface area contributed by atoms with Crippen LogP contribution in [0.4, 0.5) is 0 Å². The molecular formula is C27H25ClN6O4. The minimum Gasteiger partial charge on any atom is -0.493 e. The highest BCUT2D eigenvalue weighted by Crippen LogP contribution is 2.57.